The highest BCUT2D eigenvalue weighted by Crippen LogP contribution is 2.03. The summed E-state index contributed by atoms with van der Waals surface area (Å²) in [4.78, 5) is 5.61. The van der Waals surface area contributed by atoms with Crippen LogP contribution in [0.15, 0.2) is 4.99 Å². The number of nitrogens with zero attached hydrogens (tertiary/aromatic N) is 2. The monoisotopic (exact) mass is 199 g/mol. The summed E-state index contributed by atoms with van der Waals surface area (Å²) in [5.74, 6) is 0.0885. The molecule has 5 heteroatoms. The lowest BCUT2D eigenvalue weighted by Crippen LogP contribution is -2.38. The van der Waals surface area contributed by atoms with Crippen molar-refractivity contribution in [1.29, 1.82) is 5.41 Å². The van der Waals surface area contributed by atoms with Crippen LogP contribution in [0.25, 0.3) is 0 Å². The molecule has 0 aliphatic carbocycles. The molecule has 82 valence electrons. The lowest BCUT2D eigenvalue weighted by molar-refractivity contribution is 0.337. The zero-order valence-electron chi connectivity index (χ0n) is 9.25. The Hall–Kier alpha value is -1.26. The molecule has 0 radical (unpaired) electrons. The Morgan fingerprint density at radius 2 is 2.00 bits per heavy atom. The predicted molar refractivity (Wildman–Crippen MR) is 60.3 cm³/mol. The molecule has 0 amide bonds. The molecule has 5 N–H and O–H groups in total. The second-order valence-corrected chi connectivity index (χ2v) is 3.50. The van der Waals surface area contributed by atoms with Crippen LogP contribution >= 0.6 is 0 Å². The van der Waals surface area contributed by atoms with E-state index in [9.17, 15) is 0 Å². The molecule has 0 spiro atoms. The summed E-state index contributed by atoms with van der Waals surface area (Å²) in [7, 11) is 0. The number of guanidine groups is 2. The summed E-state index contributed by atoms with van der Waals surface area (Å²) < 4.78 is 0. The van der Waals surface area contributed by atoms with E-state index >= 15 is 0 Å². The van der Waals surface area contributed by atoms with Crippen molar-refractivity contribution in [3.05, 3.63) is 0 Å². The Balaban J connectivity index is 4.34. The maximum Gasteiger partial charge on any atom is 0.221 e. The molecular weight excluding hydrogens is 178 g/mol. The Bertz CT molecular complexity index is 205. The Kier molecular flexibility index (Phi) is 5.67. The van der Waals surface area contributed by atoms with Crippen LogP contribution in [0.5, 0.6) is 0 Å². The second kappa shape index (κ2) is 6.23. The minimum Gasteiger partial charge on any atom is -0.370 e. The SMILES string of the molecule is CCCCN(C(=N)N=C(N)N)C(C)C. The summed E-state index contributed by atoms with van der Waals surface area (Å²) >= 11 is 0. The van der Waals surface area contributed by atoms with Crippen molar-refractivity contribution in [2.24, 2.45) is 16.5 Å². The van der Waals surface area contributed by atoms with E-state index < -0.39 is 0 Å². The zero-order chi connectivity index (χ0) is 11.1. The van der Waals surface area contributed by atoms with Crippen LogP contribution in [0, 0.1) is 5.41 Å². The van der Waals surface area contributed by atoms with E-state index in [-0.39, 0.29) is 18.0 Å². The number of rotatable bonds is 4. The molecule has 0 saturated heterocycles. The van der Waals surface area contributed by atoms with Gasteiger partial charge >= 0.3 is 0 Å². The van der Waals surface area contributed by atoms with Crippen LogP contribution in [-0.4, -0.2) is 29.4 Å². The predicted octanol–water partition coefficient (Wildman–Crippen LogP) is 0.705. The largest absolute Gasteiger partial charge is 0.370 e. The zero-order valence-corrected chi connectivity index (χ0v) is 9.25. The van der Waals surface area contributed by atoms with E-state index in [0.29, 0.717) is 0 Å². The molecule has 0 bridgehead atoms. The summed E-state index contributed by atoms with van der Waals surface area (Å²) in [5, 5.41) is 7.66. The van der Waals surface area contributed by atoms with Gasteiger partial charge in [0.15, 0.2) is 5.96 Å². The number of aliphatic imine (C=N–C) groups is 1. The lowest BCUT2D eigenvalue weighted by Gasteiger charge is -2.26. The molecule has 0 fully saturated rings. The van der Waals surface area contributed by atoms with Gasteiger partial charge in [-0.25, -0.2) is 0 Å². The number of hydrogen-bond donors (Lipinski definition) is 3. The van der Waals surface area contributed by atoms with Crippen molar-refractivity contribution in [3.63, 3.8) is 0 Å². The molecule has 0 aliphatic rings. The highest BCUT2D eigenvalue weighted by Gasteiger charge is 2.11. The fourth-order valence-corrected chi connectivity index (χ4v) is 1.12. The van der Waals surface area contributed by atoms with Crippen molar-refractivity contribution in [2.75, 3.05) is 6.54 Å². The molecule has 0 aromatic heterocycles. The molecule has 0 aromatic carbocycles. The minimum atomic E-state index is -0.0582. The van der Waals surface area contributed by atoms with Crippen molar-refractivity contribution < 1.29 is 0 Å². The van der Waals surface area contributed by atoms with Crippen molar-refractivity contribution >= 4 is 11.9 Å². The first-order valence-electron chi connectivity index (χ1n) is 4.93. The summed E-state index contributed by atoms with van der Waals surface area (Å²) in [6.07, 6.45) is 2.14. The van der Waals surface area contributed by atoms with Gasteiger partial charge in [0.1, 0.15) is 0 Å². The standard InChI is InChI=1S/C9H21N5/c1-4-5-6-14(7(2)3)9(12)13-8(10)11/h7H,4-6H2,1-3H3,(H5,10,11,12,13). The first-order chi connectivity index (χ1) is 6.49. The van der Waals surface area contributed by atoms with Gasteiger partial charge in [-0.05, 0) is 20.3 Å². The summed E-state index contributed by atoms with van der Waals surface area (Å²) in [5.41, 5.74) is 10.4. The highest BCUT2D eigenvalue weighted by molar-refractivity contribution is 5.91. The van der Waals surface area contributed by atoms with Crippen LogP contribution in [0.2, 0.25) is 0 Å². The average Bonchev–Trinajstić information content (AvgIpc) is 2.02. The van der Waals surface area contributed by atoms with Crippen molar-refractivity contribution in [3.8, 4) is 0 Å². The normalized spacial score (nSPS) is 10.0. The van der Waals surface area contributed by atoms with E-state index in [1.807, 2.05) is 18.7 Å². The number of nitrogens with two attached hydrogens (primary N) is 2. The van der Waals surface area contributed by atoms with Crippen LogP contribution in [0.1, 0.15) is 33.6 Å². The third-order valence-electron chi connectivity index (χ3n) is 1.88. The second-order valence-electron chi connectivity index (χ2n) is 3.50. The van der Waals surface area contributed by atoms with Gasteiger partial charge < -0.3 is 16.4 Å². The van der Waals surface area contributed by atoms with Gasteiger partial charge in [0, 0.05) is 12.6 Å². The van der Waals surface area contributed by atoms with Crippen LogP contribution in [0.4, 0.5) is 0 Å². The third kappa shape index (κ3) is 4.69. The molecular formula is C9H21N5. The van der Waals surface area contributed by atoms with Crippen molar-refractivity contribution in [2.45, 2.75) is 39.7 Å². The Labute approximate surface area is 85.7 Å². The molecule has 5 nitrogen and oxygen atoms in total. The smallest absolute Gasteiger partial charge is 0.221 e. The molecule has 0 aromatic rings. The molecule has 0 heterocycles. The summed E-state index contributed by atoms with van der Waals surface area (Å²) in [6.45, 7) is 6.98. The Morgan fingerprint density at radius 1 is 1.43 bits per heavy atom. The van der Waals surface area contributed by atoms with E-state index in [2.05, 4.69) is 11.9 Å². The van der Waals surface area contributed by atoms with E-state index in [1.165, 1.54) is 0 Å². The minimum absolute atomic E-state index is 0.0582. The summed E-state index contributed by atoms with van der Waals surface area (Å²) in [6, 6.07) is 0.247. The molecule has 0 aliphatic heterocycles. The first kappa shape index (κ1) is 12.7. The topological polar surface area (TPSA) is 91.5 Å². The number of nitrogens with one attached hydrogen (secondary N) is 1. The molecule has 0 atom stereocenters. The third-order valence-corrected chi connectivity index (χ3v) is 1.88. The average molecular weight is 199 g/mol. The van der Waals surface area contributed by atoms with E-state index in [4.69, 9.17) is 16.9 Å². The van der Waals surface area contributed by atoms with E-state index in [1.54, 1.807) is 0 Å². The highest BCUT2D eigenvalue weighted by atomic mass is 15.3. The molecule has 14 heavy (non-hydrogen) atoms. The molecule has 0 rings (SSSR count). The van der Waals surface area contributed by atoms with Gasteiger partial charge in [-0.2, -0.15) is 4.99 Å². The van der Waals surface area contributed by atoms with Gasteiger partial charge in [-0.3, -0.25) is 5.41 Å². The van der Waals surface area contributed by atoms with Gasteiger partial charge in [-0.1, -0.05) is 13.3 Å². The Morgan fingerprint density at radius 3 is 2.36 bits per heavy atom. The van der Waals surface area contributed by atoms with Crippen LogP contribution < -0.4 is 11.5 Å². The van der Waals surface area contributed by atoms with Crippen LogP contribution in [-0.2, 0) is 0 Å². The fraction of sp³-hybridized carbons (Fsp3) is 0.778. The van der Waals surface area contributed by atoms with Gasteiger partial charge in [0.25, 0.3) is 0 Å². The molecule has 0 unspecified atom stereocenters. The van der Waals surface area contributed by atoms with Crippen molar-refractivity contribution in [1.82, 2.24) is 4.90 Å². The number of hydrogen-bond acceptors (Lipinski definition) is 1. The van der Waals surface area contributed by atoms with Gasteiger partial charge in [0.2, 0.25) is 5.96 Å². The van der Waals surface area contributed by atoms with E-state index in [0.717, 1.165) is 19.4 Å². The number of unbranched alkanes of at least 4 members (excludes halogenated alkanes) is 1. The maximum atomic E-state index is 7.66. The lowest BCUT2D eigenvalue weighted by atomic mass is 10.2. The van der Waals surface area contributed by atoms with Gasteiger partial charge in [0.05, 0.1) is 0 Å². The maximum absolute atomic E-state index is 7.66. The fourth-order valence-electron chi connectivity index (χ4n) is 1.12. The van der Waals surface area contributed by atoms with Gasteiger partial charge in [-0.15, -0.1) is 0 Å². The van der Waals surface area contributed by atoms with Crippen LogP contribution in [0.3, 0.4) is 0 Å². The molecule has 0 saturated carbocycles. The quantitative estimate of drug-likeness (QED) is 0.460. The first-order valence-corrected chi connectivity index (χ1v) is 4.93.